The summed E-state index contributed by atoms with van der Waals surface area (Å²) in [6.07, 6.45) is -2.37. The van der Waals surface area contributed by atoms with E-state index in [4.69, 9.17) is 0 Å². The number of halogens is 3. The van der Waals surface area contributed by atoms with Crippen LogP contribution in [-0.2, 0) is 12.7 Å². The molecule has 0 saturated carbocycles. The summed E-state index contributed by atoms with van der Waals surface area (Å²) in [5.41, 5.74) is -1.11. The standard InChI is InChI=1S/C19H17F3N4O2S/c20-19(21,22)15-9-16(27)26(11-23-15)10-12-5-7-25(8-6-12)18(28)17-24-13-3-1-2-4-14(13)29-17/h1-4,9,11-12H,5-8,10H2. The molecule has 4 rings (SSSR count). The fraction of sp³-hybridized carbons (Fsp3) is 0.368. The second kappa shape index (κ2) is 7.58. The first-order valence-electron chi connectivity index (χ1n) is 9.10. The minimum absolute atomic E-state index is 0.0886. The van der Waals surface area contributed by atoms with E-state index in [2.05, 4.69) is 9.97 Å². The van der Waals surface area contributed by atoms with Crippen LogP contribution in [0.4, 0.5) is 13.2 Å². The molecule has 1 amide bonds. The molecule has 2 aromatic heterocycles. The van der Waals surface area contributed by atoms with Gasteiger partial charge in [0.1, 0.15) is 0 Å². The Labute approximate surface area is 167 Å². The van der Waals surface area contributed by atoms with E-state index in [-0.39, 0.29) is 18.4 Å². The number of carbonyl (C=O) groups is 1. The molecule has 0 aliphatic carbocycles. The number of carbonyl (C=O) groups excluding carboxylic acids is 1. The average Bonchev–Trinajstić information content (AvgIpc) is 3.13. The Morgan fingerprint density at radius 3 is 2.59 bits per heavy atom. The fourth-order valence-electron chi connectivity index (χ4n) is 3.41. The fourth-order valence-corrected chi connectivity index (χ4v) is 4.35. The highest BCUT2D eigenvalue weighted by Crippen LogP contribution is 2.27. The summed E-state index contributed by atoms with van der Waals surface area (Å²) in [5.74, 6) is -0.0244. The summed E-state index contributed by atoms with van der Waals surface area (Å²) in [4.78, 5) is 34.2. The second-order valence-corrected chi connectivity index (χ2v) is 8.02. The van der Waals surface area contributed by atoms with Gasteiger partial charge in [0.25, 0.3) is 11.5 Å². The first-order valence-corrected chi connectivity index (χ1v) is 9.91. The van der Waals surface area contributed by atoms with Crippen LogP contribution in [0.3, 0.4) is 0 Å². The van der Waals surface area contributed by atoms with E-state index in [0.717, 1.165) is 16.5 Å². The van der Waals surface area contributed by atoms with Gasteiger partial charge in [-0.05, 0) is 30.9 Å². The highest BCUT2D eigenvalue weighted by Gasteiger charge is 2.33. The number of rotatable bonds is 3. The van der Waals surface area contributed by atoms with Crippen LogP contribution >= 0.6 is 11.3 Å². The van der Waals surface area contributed by atoms with Crippen LogP contribution in [0.5, 0.6) is 0 Å². The number of hydrogen-bond acceptors (Lipinski definition) is 5. The van der Waals surface area contributed by atoms with Crippen molar-refractivity contribution in [1.29, 1.82) is 0 Å². The van der Waals surface area contributed by atoms with Crippen molar-refractivity contribution in [3.63, 3.8) is 0 Å². The number of likely N-dealkylation sites (tertiary alicyclic amines) is 1. The Balaban J connectivity index is 1.38. The number of aromatic nitrogens is 3. The van der Waals surface area contributed by atoms with Crippen LogP contribution in [0.2, 0.25) is 0 Å². The van der Waals surface area contributed by atoms with Gasteiger partial charge in [0.05, 0.1) is 16.5 Å². The van der Waals surface area contributed by atoms with Crippen LogP contribution in [-0.4, -0.2) is 38.4 Å². The van der Waals surface area contributed by atoms with E-state index in [1.165, 1.54) is 15.9 Å². The van der Waals surface area contributed by atoms with Gasteiger partial charge >= 0.3 is 6.18 Å². The monoisotopic (exact) mass is 422 g/mol. The van der Waals surface area contributed by atoms with Crippen LogP contribution in [0.25, 0.3) is 10.2 Å². The molecule has 0 bridgehead atoms. The lowest BCUT2D eigenvalue weighted by Gasteiger charge is -2.31. The number of alkyl halides is 3. The van der Waals surface area contributed by atoms with Crippen LogP contribution in [0.15, 0.2) is 41.5 Å². The molecule has 3 heterocycles. The number of thiazole rings is 1. The summed E-state index contributed by atoms with van der Waals surface area (Å²) >= 11 is 1.36. The van der Waals surface area contributed by atoms with Crippen LogP contribution in [0.1, 0.15) is 28.3 Å². The van der Waals surface area contributed by atoms with Gasteiger partial charge in [0.15, 0.2) is 10.7 Å². The summed E-state index contributed by atoms with van der Waals surface area (Å²) in [7, 11) is 0. The zero-order chi connectivity index (χ0) is 20.6. The Hall–Kier alpha value is -2.75. The topological polar surface area (TPSA) is 68.1 Å². The lowest BCUT2D eigenvalue weighted by atomic mass is 9.96. The highest BCUT2D eigenvalue weighted by molar-refractivity contribution is 7.20. The van der Waals surface area contributed by atoms with Crippen molar-refractivity contribution in [3.8, 4) is 0 Å². The van der Waals surface area contributed by atoms with Gasteiger partial charge in [0.2, 0.25) is 0 Å². The van der Waals surface area contributed by atoms with E-state index in [9.17, 15) is 22.8 Å². The highest BCUT2D eigenvalue weighted by atomic mass is 32.1. The van der Waals surface area contributed by atoms with Crippen molar-refractivity contribution in [3.05, 3.63) is 57.7 Å². The molecule has 0 unspecified atom stereocenters. The number of hydrogen-bond donors (Lipinski definition) is 0. The molecule has 1 fully saturated rings. The molecule has 0 N–H and O–H groups in total. The maximum atomic E-state index is 12.7. The average molecular weight is 422 g/mol. The molecule has 1 saturated heterocycles. The molecule has 0 spiro atoms. The van der Waals surface area contributed by atoms with Crippen LogP contribution < -0.4 is 5.56 Å². The summed E-state index contributed by atoms with van der Waals surface area (Å²) < 4.78 is 40.1. The van der Waals surface area contributed by atoms with Crippen molar-refractivity contribution < 1.29 is 18.0 Å². The first kappa shape index (κ1) is 19.6. The molecule has 3 aromatic rings. The SMILES string of the molecule is O=C(c1nc2ccccc2s1)N1CCC(Cn2cnc(C(F)(F)F)cc2=O)CC1. The van der Waals surface area contributed by atoms with E-state index in [1.54, 1.807) is 4.90 Å². The van der Waals surface area contributed by atoms with Gasteiger partial charge in [0, 0.05) is 25.7 Å². The summed E-state index contributed by atoms with van der Waals surface area (Å²) in [6, 6.07) is 8.08. The molecular formula is C19H17F3N4O2S. The van der Waals surface area contributed by atoms with E-state index >= 15 is 0 Å². The predicted octanol–water partition coefficient (Wildman–Crippen LogP) is 3.42. The smallest absolute Gasteiger partial charge is 0.337 e. The van der Waals surface area contributed by atoms with E-state index in [0.29, 0.717) is 37.0 Å². The van der Waals surface area contributed by atoms with Crippen molar-refractivity contribution in [2.45, 2.75) is 25.6 Å². The molecule has 1 aliphatic rings. The number of amides is 1. The molecule has 1 aliphatic heterocycles. The third-order valence-corrected chi connectivity index (χ3v) is 6.03. The minimum Gasteiger partial charge on any atom is -0.337 e. The summed E-state index contributed by atoms with van der Waals surface area (Å²) in [5, 5.41) is 0.452. The number of para-hydroxylation sites is 1. The molecule has 0 radical (unpaired) electrons. The first-order chi connectivity index (χ1) is 13.8. The van der Waals surface area contributed by atoms with Crippen LogP contribution in [0, 0.1) is 5.92 Å². The zero-order valence-electron chi connectivity index (χ0n) is 15.2. The Bertz CT molecular complexity index is 1070. The largest absolute Gasteiger partial charge is 0.433 e. The molecular weight excluding hydrogens is 405 g/mol. The van der Waals surface area contributed by atoms with Crippen molar-refractivity contribution in [2.75, 3.05) is 13.1 Å². The van der Waals surface area contributed by atoms with Gasteiger partial charge in [-0.1, -0.05) is 12.1 Å². The number of fused-ring (bicyclic) bond motifs is 1. The van der Waals surface area contributed by atoms with Gasteiger partial charge in [-0.2, -0.15) is 13.2 Å². The molecule has 1 aromatic carbocycles. The maximum absolute atomic E-state index is 12.7. The molecule has 0 atom stereocenters. The lowest BCUT2D eigenvalue weighted by Crippen LogP contribution is -2.40. The number of benzene rings is 1. The van der Waals surface area contributed by atoms with Crippen molar-refractivity contribution >= 4 is 27.5 Å². The normalized spacial score (nSPS) is 15.8. The number of piperidine rings is 1. The van der Waals surface area contributed by atoms with Crippen molar-refractivity contribution in [2.24, 2.45) is 5.92 Å². The molecule has 6 nitrogen and oxygen atoms in total. The zero-order valence-corrected chi connectivity index (χ0v) is 16.0. The minimum atomic E-state index is -4.63. The van der Waals surface area contributed by atoms with E-state index < -0.39 is 17.4 Å². The Morgan fingerprint density at radius 2 is 1.93 bits per heavy atom. The number of nitrogens with zero attached hydrogens (tertiary/aromatic N) is 4. The van der Waals surface area contributed by atoms with E-state index in [1.807, 2.05) is 24.3 Å². The molecule has 10 heteroatoms. The Kier molecular flexibility index (Phi) is 5.12. The van der Waals surface area contributed by atoms with Crippen molar-refractivity contribution in [1.82, 2.24) is 19.4 Å². The Morgan fingerprint density at radius 1 is 1.21 bits per heavy atom. The molecule has 152 valence electrons. The molecule has 29 heavy (non-hydrogen) atoms. The van der Waals surface area contributed by atoms with Gasteiger partial charge < -0.3 is 4.90 Å². The predicted molar refractivity (Wildman–Crippen MR) is 102 cm³/mol. The third kappa shape index (κ3) is 4.16. The van der Waals surface area contributed by atoms with Gasteiger partial charge in [-0.25, -0.2) is 9.97 Å². The summed E-state index contributed by atoms with van der Waals surface area (Å²) in [6.45, 7) is 1.32. The second-order valence-electron chi connectivity index (χ2n) is 6.98. The van der Waals surface area contributed by atoms with Gasteiger partial charge in [-0.15, -0.1) is 11.3 Å². The lowest BCUT2D eigenvalue weighted by molar-refractivity contribution is -0.141. The van der Waals surface area contributed by atoms with Gasteiger partial charge in [-0.3, -0.25) is 14.2 Å². The maximum Gasteiger partial charge on any atom is 0.433 e. The quantitative estimate of drug-likeness (QED) is 0.649. The third-order valence-electron chi connectivity index (χ3n) is 5.00.